The number of nitrogens with zero attached hydrogens (tertiary/aromatic N) is 5. The first kappa shape index (κ1) is 19.5. The first-order valence-corrected chi connectivity index (χ1v) is 8.86. The molecule has 7 nitrogen and oxygen atoms in total. The van der Waals surface area contributed by atoms with Gasteiger partial charge in [-0.15, -0.1) is 0 Å². The number of benzene rings is 1. The fourth-order valence-corrected chi connectivity index (χ4v) is 3.03. The molecule has 10 heteroatoms. The van der Waals surface area contributed by atoms with Crippen LogP contribution in [0, 0.1) is 13.8 Å². The van der Waals surface area contributed by atoms with Crippen LogP contribution in [0.15, 0.2) is 48.9 Å². The quantitative estimate of drug-likeness (QED) is 0.548. The number of aromatic nitrogens is 5. The van der Waals surface area contributed by atoms with Gasteiger partial charge in [0, 0.05) is 11.8 Å². The Labute approximate surface area is 168 Å². The predicted molar refractivity (Wildman–Crippen MR) is 103 cm³/mol. The van der Waals surface area contributed by atoms with E-state index >= 15 is 0 Å². The smallest absolute Gasteiger partial charge is 0.305 e. The van der Waals surface area contributed by atoms with Crippen molar-refractivity contribution in [2.75, 3.05) is 5.32 Å². The molecular formula is C20H15F3N6O. The van der Waals surface area contributed by atoms with Gasteiger partial charge in [-0.25, -0.2) is 14.5 Å². The van der Waals surface area contributed by atoms with Crippen molar-refractivity contribution in [3.05, 3.63) is 71.4 Å². The number of hydrogen-bond acceptors (Lipinski definition) is 5. The van der Waals surface area contributed by atoms with Crippen molar-refractivity contribution in [3.63, 3.8) is 0 Å². The summed E-state index contributed by atoms with van der Waals surface area (Å²) in [4.78, 5) is 25.4. The minimum atomic E-state index is -4.54. The van der Waals surface area contributed by atoms with E-state index in [2.05, 4.69) is 25.4 Å². The summed E-state index contributed by atoms with van der Waals surface area (Å²) in [6, 6.07) is 6.56. The van der Waals surface area contributed by atoms with Crippen molar-refractivity contribution in [2.24, 2.45) is 0 Å². The van der Waals surface area contributed by atoms with Crippen LogP contribution in [0.2, 0.25) is 0 Å². The van der Waals surface area contributed by atoms with Gasteiger partial charge in [0.05, 0.1) is 35.0 Å². The Balaban J connectivity index is 1.75. The van der Waals surface area contributed by atoms with E-state index in [1.807, 2.05) is 0 Å². The molecule has 0 fully saturated rings. The van der Waals surface area contributed by atoms with E-state index < -0.39 is 17.6 Å². The van der Waals surface area contributed by atoms with Gasteiger partial charge in [-0.05, 0) is 26.0 Å². The fourth-order valence-electron chi connectivity index (χ4n) is 3.03. The third-order valence-corrected chi connectivity index (χ3v) is 4.42. The molecule has 0 spiro atoms. The van der Waals surface area contributed by atoms with Crippen molar-refractivity contribution in [3.8, 4) is 11.3 Å². The van der Waals surface area contributed by atoms with Crippen LogP contribution in [0.3, 0.4) is 0 Å². The molecule has 1 aromatic carbocycles. The van der Waals surface area contributed by atoms with Gasteiger partial charge in [0.1, 0.15) is 5.56 Å². The summed E-state index contributed by atoms with van der Waals surface area (Å²) < 4.78 is 41.5. The topological polar surface area (TPSA) is 85.1 Å². The largest absolute Gasteiger partial charge is 0.417 e. The van der Waals surface area contributed by atoms with E-state index in [9.17, 15) is 18.0 Å². The Morgan fingerprint density at radius 2 is 1.83 bits per heavy atom. The average Bonchev–Trinajstić information content (AvgIpc) is 3.13. The summed E-state index contributed by atoms with van der Waals surface area (Å²) in [6.07, 6.45) is -0.262. The zero-order valence-corrected chi connectivity index (χ0v) is 15.9. The lowest BCUT2D eigenvalue weighted by Gasteiger charge is -2.12. The van der Waals surface area contributed by atoms with Gasteiger partial charge in [-0.3, -0.25) is 9.78 Å². The van der Waals surface area contributed by atoms with Crippen molar-refractivity contribution in [1.29, 1.82) is 0 Å². The molecule has 1 N–H and O–H groups in total. The number of hydrogen-bond donors (Lipinski definition) is 1. The third kappa shape index (κ3) is 3.59. The summed E-state index contributed by atoms with van der Waals surface area (Å²) in [5.41, 5.74) is 0.654. The zero-order chi connectivity index (χ0) is 21.5. The molecule has 30 heavy (non-hydrogen) atoms. The lowest BCUT2D eigenvalue weighted by Crippen LogP contribution is -2.15. The highest BCUT2D eigenvalue weighted by atomic mass is 19.4. The second-order valence-corrected chi connectivity index (χ2v) is 6.58. The molecule has 1 amide bonds. The molecule has 0 atom stereocenters. The van der Waals surface area contributed by atoms with E-state index in [0.717, 1.165) is 6.07 Å². The highest BCUT2D eigenvalue weighted by Gasteiger charge is 2.33. The van der Waals surface area contributed by atoms with E-state index in [0.29, 0.717) is 11.4 Å². The Bertz CT molecular complexity index is 1270. The average molecular weight is 412 g/mol. The number of fused-ring (bicyclic) bond motifs is 1. The minimum Gasteiger partial charge on any atom is -0.305 e. The molecule has 0 radical (unpaired) electrons. The molecule has 0 unspecified atom stereocenters. The highest BCUT2D eigenvalue weighted by Crippen LogP contribution is 2.36. The monoisotopic (exact) mass is 412 g/mol. The zero-order valence-electron chi connectivity index (χ0n) is 15.9. The van der Waals surface area contributed by atoms with Crippen molar-refractivity contribution < 1.29 is 18.0 Å². The van der Waals surface area contributed by atoms with Gasteiger partial charge in [0.25, 0.3) is 5.91 Å². The van der Waals surface area contributed by atoms with Crippen LogP contribution >= 0.6 is 0 Å². The number of carbonyl (C=O) groups excluding carboxylic acids is 1. The highest BCUT2D eigenvalue weighted by molar-refractivity contribution is 6.08. The second-order valence-electron chi connectivity index (χ2n) is 6.58. The Hall–Kier alpha value is -3.82. The van der Waals surface area contributed by atoms with E-state index in [-0.39, 0.29) is 28.3 Å². The van der Waals surface area contributed by atoms with E-state index in [1.54, 1.807) is 13.8 Å². The first-order valence-electron chi connectivity index (χ1n) is 8.86. The van der Waals surface area contributed by atoms with Crippen LogP contribution in [-0.4, -0.2) is 30.5 Å². The molecule has 4 rings (SSSR count). The number of carbonyl (C=O) groups is 1. The summed E-state index contributed by atoms with van der Waals surface area (Å²) in [6.45, 7) is 3.48. The molecule has 0 aliphatic heterocycles. The maximum absolute atomic E-state index is 13.4. The van der Waals surface area contributed by atoms with Gasteiger partial charge in [0.2, 0.25) is 0 Å². The summed E-state index contributed by atoms with van der Waals surface area (Å²) in [7, 11) is 0. The van der Waals surface area contributed by atoms with Gasteiger partial charge < -0.3 is 5.32 Å². The molecular weight excluding hydrogens is 397 g/mol. The maximum Gasteiger partial charge on any atom is 0.417 e. The fraction of sp³-hybridized carbons (Fsp3) is 0.150. The number of alkyl halides is 3. The van der Waals surface area contributed by atoms with E-state index in [4.69, 9.17) is 0 Å². The normalized spacial score (nSPS) is 11.6. The molecule has 152 valence electrons. The molecule has 0 saturated carbocycles. The van der Waals surface area contributed by atoms with Crippen LogP contribution in [0.1, 0.15) is 27.3 Å². The Morgan fingerprint density at radius 3 is 2.57 bits per heavy atom. The van der Waals surface area contributed by atoms with Crippen LogP contribution in [0.5, 0.6) is 0 Å². The summed E-state index contributed by atoms with van der Waals surface area (Å²) in [5, 5.41) is 6.70. The Morgan fingerprint density at radius 1 is 1.07 bits per heavy atom. The minimum absolute atomic E-state index is 0.0799. The summed E-state index contributed by atoms with van der Waals surface area (Å²) in [5.74, 6) is -0.261. The lowest BCUT2D eigenvalue weighted by molar-refractivity contribution is -0.137. The standard InChI is InChI=1S/C20H15F3N6O/c1-11-9-24-17(12(2)26-11)28-19(30)14-10-25-29-8-7-16(27-18(14)29)13-5-3-4-6-15(13)20(21,22)23/h3-10H,1-2H3,(H,24,28,30). The SMILES string of the molecule is Cc1cnc(NC(=O)c2cnn3ccc(-c4ccccc4C(F)(F)F)nc23)c(C)n1. The van der Waals surface area contributed by atoms with Crippen molar-refractivity contribution >= 4 is 17.4 Å². The number of anilines is 1. The van der Waals surface area contributed by atoms with Gasteiger partial charge >= 0.3 is 6.18 Å². The van der Waals surface area contributed by atoms with Crippen LogP contribution in [0.25, 0.3) is 16.9 Å². The molecule has 0 bridgehead atoms. The van der Waals surface area contributed by atoms with Crippen molar-refractivity contribution in [2.45, 2.75) is 20.0 Å². The Kier molecular flexibility index (Phi) is 4.69. The summed E-state index contributed by atoms with van der Waals surface area (Å²) >= 11 is 0. The predicted octanol–water partition coefficient (Wildman–Crippen LogP) is 4.07. The first-order chi connectivity index (χ1) is 14.2. The number of rotatable bonds is 3. The number of amides is 1. The van der Waals surface area contributed by atoms with Gasteiger partial charge in [0.15, 0.2) is 11.5 Å². The second kappa shape index (κ2) is 7.21. The molecule has 4 aromatic rings. The number of aryl methyl sites for hydroxylation is 2. The van der Waals surface area contributed by atoms with Gasteiger partial charge in [-0.1, -0.05) is 18.2 Å². The lowest BCUT2D eigenvalue weighted by atomic mass is 10.0. The number of halogens is 3. The van der Waals surface area contributed by atoms with Crippen LogP contribution < -0.4 is 5.32 Å². The molecule has 3 heterocycles. The van der Waals surface area contributed by atoms with Crippen LogP contribution in [0.4, 0.5) is 19.0 Å². The van der Waals surface area contributed by atoms with Crippen LogP contribution in [-0.2, 0) is 6.18 Å². The van der Waals surface area contributed by atoms with E-state index in [1.165, 1.54) is 47.4 Å². The number of nitrogens with one attached hydrogen (secondary N) is 1. The van der Waals surface area contributed by atoms with Crippen molar-refractivity contribution in [1.82, 2.24) is 24.6 Å². The molecule has 3 aromatic heterocycles. The maximum atomic E-state index is 13.4. The third-order valence-electron chi connectivity index (χ3n) is 4.42. The molecule has 0 aliphatic carbocycles. The molecule has 0 aliphatic rings. The molecule has 0 saturated heterocycles. The van der Waals surface area contributed by atoms with Gasteiger partial charge in [-0.2, -0.15) is 18.3 Å².